The number of carbonyl (C=O) groups is 9. The Morgan fingerprint density at radius 1 is 0.633 bits per heavy atom. The van der Waals surface area contributed by atoms with E-state index in [2.05, 4.69) is 40.3 Å². The first-order chi connectivity index (χ1) is 42.1. The Morgan fingerprint density at radius 2 is 1.13 bits per heavy atom. The maximum Gasteiger partial charge on any atom is 0.313 e. The van der Waals surface area contributed by atoms with E-state index in [9.17, 15) is 48.3 Å². The molecule has 90 heavy (non-hydrogen) atoms. The highest BCUT2D eigenvalue weighted by molar-refractivity contribution is 5.84. The van der Waals surface area contributed by atoms with Crippen molar-refractivity contribution < 1.29 is 124 Å². The van der Waals surface area contributed by atoms with Crippen molar-refractivity contribution in [2.75, 3.05) is 26.9 Å². The Kier molecular flexibility index (Phi) is 21.5. The molecule has 4 saturated heterocycles. The van der Waals surface area contributed by atoms with Crippen LogP contribution in [0.5, 0.6) is 0 Å². The summed E-state index contributed by atoms with van der Waals surface area (Å²) < 4.78 is 97.0. The van der Waals surface area contributed by atoms with E-state index in [0.29, 0.717) is 32.1 Å². The van der Waals surface area contributed by atoms with Gasteiger partial charge in [0.2, 0.25) is 0 Å². The number of aliphatic hydroxyl groups is 1. The first kappa shape index (κ1) is 70.3. The van der Waals surface area contributed by atoms with E-state index in [-0.39, 0.29) is 29.1 Å². The summed E-state index contributed by atoms with van der Waals surface area (Å²) >= 11 is 0. The minimum atomic E-state index is -1.87. The van der Waals surface area contributed by atoms with Gasteiger partial charge in [0.05, 0.1) is 23.7 Å². The van der Waals surface area contributed by atoms with E-state index in [0.717, 1.165) is 86.6 Å². The molecular weight excluding hydrogens is 1180 g/mol. The van der Waals surface area contributed by atoms with Crippen molar-refractivity contribution >= 4 is 53.7 Å². The maximum absolute atomic E-state index is 14.3. The molecule has 0 amide bonds. The Morgan fingerprint density at radius 3 is 1.66 bits per heavy atom. The number of fused-ring (bicyclic) bond motifs is 5. The molecule has 3 saturated carbocycles. The minimum absolute atomic E-state index is 0.0397. The van der Waals surface area contributed by atoms with E-state index >= 15 is 0 Å². The molecule has 0 radical (unpaired) electrons. The van der Waals surface area contributed by atoms with Gasteiger partial charge in [-0.3, -0.25) is 43.2 Å². The number of carbonyl (C=O) groups excluding carboxylic acids is 9. The summed E-state index contributed by atoms with van der Waals surface area (Å²) in [6, 6.07) is 0. The molecule has 1 N–H and O–H groups in total. The predicted molar refractivity (Wildman–Crippen MR) is 307 cm³/mol. The molecule has 8 aliphatic rings. The second-order valence-electron chi connectivity index (χ2n) is 26.9. The average molecular weight is 1280 g/mol. The molecule has 4 aliphatic carbocycles. The zero-order valence-electron chi connectivity index (χ0n) is 54.4. The van der Waals surface area contributed by atoms with Gasteiger partial charge in [-0.1, -0.05) is 44.9 Å². The number of methoxy groups -OCH3 is 1. The van der Waals surface area contributed by atoms with Gasteiger partial charge in [0.15, 0.2) is 55.5 Å². The molecule has 4 aliphatic heterocycles. The van der Waals surface area contributed by atoms with Crippen molar-refractivity contribution in [1.29, 1.82) is 0 Å². The van der Waals surface area contributed by atoms with Gasteiger partial charge in [0, 0.05) is 68.4 Å². The van der Waals surface area contributed by atoms with Crippen LogP contribution >= 0.6 is 0 Å². The molecule has 2 bridgehead atoms. The highest BCUT2D eigenvalue weighted by atomic mass is 16.8. The summed E-state index contributed by atoms with van der Waals surface area (Å²) in [5.41, 5.74) is -1.05. The molecule has 4 heterocycles. The molecule has 0 unspecified atom stereocenters. The second-order valence-corrected chi connectivity index (χ2v) is 26.9. The molecule has 0 aromatic heterocycles. The van der Waals surface area contributed by atoms with Crippen molar-refractivity contribution in [3.05, 3.63) is 23.8 Å². The summed E-state index contributed by atoms with van der Waals surface area (Å²) in [7, 11) is 1.21. The van der Waals surface area contributed by atoms with E-state index in [1.54, 1.807) is 0 Å². The summed E-state index contributed by atoms with van der Waals surface area (Å²) in [6.07, 6.45) is -15.1. The third-order valence-corrected chi connectivity index (χ3v) is 20.2. The largest absolute Gasteiger partial charge is 0.463 e. The van der Waals surface area contributed by atoms with Crippen molar-refractivity contribution in [2.45, 2.75) is 259 Å². The van der Waals surface area contributed by atoms with Crippen LogP contribution < -0.4 is 0 Å². The van der Waals surface area contributed by atoms with Crippen LogP contribution in [0.2, 0.25) is 0 Å². The highest BCUT2D eigenvalue weighted by Gasteiger charge is 2.79. The van der Waals surface area contributed by atoms with E-state index < -0.39 is 188 Å². The highest BCUT2D eigenvalue weighted by Crippen LogP contribution is 2.76. The van der Waals surface area contributed by atoms with E-state index in [1.807, 2.05) is 13.8 Å². The Labute approximate surface area is 524 Å². The Bertz CT molecular complexity index is 2770. The molecule has 7 fully saturated rings. The van der Waals surface area contributed by atoms with Crippen molar-refractivity contribution in [3.63, 3.8) is 0 Å². The first-order valence-corrected chi connectivity index (χ1v) is 31.1. The van der Waals surface area contributed by atoms with Crippen LogP contribution in [0.3, 0.4) is 0 Å². The summed E-state index contributed by atoms with van der Waals surface area (Å²) in [4.78, 5) is 117. The normalized spacial score (nSPS) is 39.6. The van der Waals surface area contributed by atoms with Crippen molar-refractivity contribution in [2.24, 2.45) is 39.4 Å². The lowest BCUT2D eigenvalue weighted by Crippen LogP contribution is -2.68. The molecule has 0 aromatic carbocycles. The standard InChI is InChI=1S/C64H92O26/c1-30(2)18-17-23-63(15,74)55-41-26-62(14)40-19-20-45-60(11,12)46(22-24-61(45,13)39(40)21-25-64(55,62)59(73)88-41)89-56-52(82-36(8)70)49(81-35(7)69)44(29-78-56)86-57-54(84-38(10)72)51(48(80-34(6)68)43(85-57)28-77-32(4)66)90-58-53(83-37(9)71)50(75-16)47(79-33(5)67)42(87-58)27-76-31(3)65/h21,40-58,74H,1,17-20,22-29H2,2-16H3/t40-,41+,42-,43-,44-,45+,46+,47-,48-,49+,50+,51+,52-,53-,54-,55-,56+,57+,58+,61-,62+,63+,64-/m1/s1. The van der Waals surface area contributed by atoms with Crippen LogP contribution in [-0.2, 0) is 119 Å². The van der Waals surface area contributed by atoms with Crippen LogP contribution in [0, 0.1) is 39.4 Å². The van der Waals surface area contributed by atoms with Crippen molar-refractivity contribution in [3.8, 4) is 0 Å². The minimum Gasteiger partial charge on any atom is -0.463 e. The molecule has 504 valence electrons. The molecule has 26 nitrogen and oxygen atoms in total. The third-order valence-electron chi connectivity index (χ3n) is 20.2. The molecule has 1 spiro atoms. The fraction of sp³-hybridized carbons (Fsp3) is 0.797. The fourth-order valence-electron chi connectivity index (χ4n) is 16.8. The molecule has 8 rings (SSSR count). The average Bonchev–Trinajstić information content (AvgIpc) is 1.45. The van der Waals surface area contributed by atoms with Crippen molar-refractivity contribution in [1.82, 2.24) is 0 Å². The van der Waals surface area contributed by atoms with Gasteiger partial charge in [0.25, 0.3) is 0 Å². The van der Waals surface area contributed by atoms with Crippen LogP contribution in [0.4, 0.5) is 0 Å². The van der Waals surface area contributed by atoms with Gasteiger partial charge in [-0.05, 0) is 99.7 Å². The smallest absolute Gasteiger partial charge is 0.313 e. The molecule has 26 heteroatoms. The van der Waals surface area contributed by atoms with Gasteiger partial charge in [-0.2, -0.15) is 0 Å². The zero-order chi connectivity index (χ0) is 66.3. The van der Waals surface area contributed by atoms with Gasteiger partial charge in [-0.15, -0.1) is 6.58 Å². The summed E-state index contributed by atoms with van der Waals surface area (Å²) in [6.45, 7) is 23.8. The number of esters is 9. The topological polar surface area (TPSA) is 322 Å². The lowest BCUT2D eigenvalue weighted by molar-refractivity contribution is -0.377. The van der Waals surface area contributed by atoms with Crippen LogP contribution in [0.25, 0.3) is 0 Å². The number of rotatable bonds is 22. The lowest BCUT2D eigenvalue weighted by atomic mass is 9.40. The fourth-order valence-corrected chi connectivity index (χ4v) is 16.8. The monoisotopic (exact) mass is 1280 g/mol. The SMILES string of the molecule is C=C(C)CCC[C@](C)(O)[C@H]1[C@@H]2C[C@@]3(C)[C@@H]4CC[C@H]5C(C)(C)[C@@H](O[C@@H]6OC[C@@H](O[C@@H]7O[C@H](COC(C)=O)[C@@H](OC(C)=O)[C@H](O[C@@H]8O[C@H](COC(C)=O)[C@@H](OC(C)=O)[C@H](OC)[C@H]8OC(C)=O)[C@H]7OC(C)=O)[C@H](OC(C)=O)[C@H]6OC(C)=O)CC[C@]5(C)C4=CC[C@]13C(=O)O2. The number of ether oxygens (including phenoxy) is 16. The number of hydrogen-bond donors (Lipinski definition) is 1. The maximum atomic E-state index is 14.3. The lowest BCUT2D eigenvalue weighted by Gasteiger charge is -2.64. The van der Waals surface area contributed by atoms with Gasteiger partial charge in [0.1, 0.15) is 49.8 Å². The van der Waals surface area contributed by atoms with Gasteiger partial charge in [-0.25, -0.2) is 0 Å². The van der Waals surface area contributed by atoms with Gasteiger partial charge < -0.3 is 80.9 Å². The zero-order valence-corrected chi connectivity index (χ0v) is 54.4. The van der Waals surface area contributed by atoms with E-state index in [4.69, 9.17) is 75.8 Å². The Balaban J connectivity index is 1.09. The molecule has 23 atom stereocenters. The number of allylic oxidation sites excluding steroid dienone is 3. The summed E-state index contributed by atoms with van der Waals surface area (Å²) in [5, 5.41) is 12.3. The van der Waals surface area contributed by atoms with Crippen LogP contribution in [0.1, 0.15) is 155 Å². The second kappa shape index (κ2) is 27.5. The predicted octanol–water partition coefficient (Wildman–Crippen LogP) is 5.30. The quantitative estimate of drug-likeness (QED) is 0.0622. The van der Waals surface area contributed by atoms with Crippen LogP contribution in [-0.4, -0.2) is 190 Å². The molecule has 0 aromatic rings. The summed E-state index contributed by atoms with van der Waals surface area (Å²) in [5.74, 6) is -7.31. The van der Waals surface area contributed by atoms with Crippen LogP contribution in [0.15, 0.2) is 23.8 Å². The van der Waals surface area contributed by atoms with Gasteiger partial charge >= 0.3 is 53.7 Å². The Hall–Kier alpha value is -5.61. The number of hydrogen-bond acceptors (Lipinski definition) is 26. The first-order valence-electron chi connectivity index (χ1n) is 31.1. The van der Waals surface area contributed by atoms with E-state index in [1.165, 1.54) is 12.7 Å². The third kappa shape index (κ3) is 14.0. The molecular formula is C64H92O26.